The maximum atomic E-state index is 12.5. The minimum atomic E-state index is -0.434. The predicted octanol–water partition coefficient (Wildman–Crippen LogP) is 4.53. The number of amides is 2. The zero-order chi connectivity index (χ0) is 22.1. The topological polar surface area (TPSA) is 97.4 Å². The summed E-state index contributed by atoms with van der Waals surface area (Å²) in [6.07, 6.45) is 1.96. The number of nitrogens with zero attached hydrogens (tertiary/aromatic N) is 1. The number of carbonyl (C=O) groups excluding carboxylic acids is 3. The van der Waals surface area contributed by atoms with E-state index in [1.54, 1.807) is 29.6 Å². The summed E-state index contributed by atoms with van der Waals surface area (Å²) in [5.74, 6) is -1.07. The molecule has 2 aromatic carbocycles. The third-order valence-electron chi connectivity index (χ3n) is 4.28. The second kappa shape index (κ2) is 11.0. The molecule has 1 heterocycles. The van der Waals surface area contributed by atoms with Gasteiger partial charge in [0.25, 0.3) is 5.91 Å². The first-order valence-electron chi connectivity index (χ1n) is 9.93. The molecule has 31 heavy (non-hydrogen) atoms. The van der Waals surface area contributed by atoms with E-state index in [4.69, 9.17) is 4.74 Å². The number of ether oxygens (including phenoxy) is 1. The van der Waals surface area contributed by atoms with Crippen LogP contribution in [0.4, 0.5) is 10.8 Å². The van der Waals surface area contributed by atoms with Crippen LogP contribution >= 0.6 is 11.3 Å². The number of unbranched alkanes of at least 4 members (excludes halogenated alkanes) is 1. The Morgan fingerprint density at radius 2 is 1.84 bits per heavy atom. The molecule has 0 radical (unpaired) electrons. The fraction of sp³-hybridized carbons (Fsp3) is 0.217. The molecule has 7 nitrogen and oxygen atoms in total. The summed E-state index contributed by atoms with van der Waals surface area (Å²) in [6, 6.07) is 15.9. The van der Waals surface area contributed by atoms with Crippen LogP contribution in [0.25, 0.3) is 0 Å². The van der Waals surface area contributed by atoms with Gasteiger partial charge >= 0.3 is 5.97 Å². The molecule has 2 N–H and O–H groups in total. The molecule has 3 rings (SSSR count). The molecule has 0 bridgehead atoms. The van der Waals surface area contributed by atoms with Crippen LogP contribution < -0.4 is 10.6 Å². The van der Waals surface area contributed by atoms with E-state index < -0.39 is 11.9 Å². The summed E-state index contributed by atoms with van der Waals surface area (Å²) in [5.41, 5.74) is 1.89. The van der Waals surface area contributed by atoms with Gasteiger partial charge in [0.05, 0.1) is 18.6 Å². The average molecular weight is 438 g/mol. The number of anilines is 2. The third-order valence-corrected chi connectivity index (χ3v) is 5.04. The Morgan fingerprint density at radius 1 is 1.03 bits per heavy atom. The minimum absolute atomic E-state index is 0.177. The highest BCUT2D eigenvalue weighted by Gasteiger charge is 2.14. The molecule has 0 unspecified atom stereocenters. The van der Waals surface area contributed by atoms with Crippen molar-refractivity contribution in [2.45, 2.75) is 26.2 Å². The molecule has 8 heteroatoms. The maximum Gasteiger partial charge on any atom is 0.338 e. The van der Waals surface area contributed by atoms with Gasteiger partial charge in [-0.3, -0.25) is 9.59 Å². The zero-order valence-corrected chi connectivity index (χ0v) is 17.9. The second-order valence-electron chi connectivity index (χ2n) is 6.77. The molecule has 0 aliphatic heterocycles. The van der Waals surface area contributed by atoms with Crippen molar-refractivity contribution >= 4 is 39.9 Å². The number of rotatable bonds is 9. The van der Waals surface area contributed by atoms with Gasteiger partial charge < -0.3 is 15.4 Å². The van der Waals surface area contributed by atoms with Crippen molar-refractivity contribution in [3.63, 3.8) is 0 Å². The first-order valence-corrected chi connectivity index (χ1v) is 10.8. The summed E-state index contributed by atoms with van der Waals surface area (Å²) >= 11 is 1.17. The SMILES string of the molecule is CCCCOC(=O)c1cccc(NC(=O)c2csc(NC(=O)Cc3ccccc3)n2)c1. The Bertz CT molecular complexity index is 1050. The number of hydrogen-bond donors (Lipinski definition) is 2. The number of thiazole rings is 1. The number of benzene rings is 2. The Kier molecular flexibility index (Phi) is 7.89. The molecule has 160 valence electrons. The largest absolute Gasteiger partial charge is 0.462 e. The molecule has 0 fully saturated rings. The molecular weight excluding hydrogens is 414 g/mol. The summed E-state index contributed by atoms with van der Waals surface area (Å²) in [5, 5.41) is 7.33. The van der Waals surface area contributed by atoms with E-state index in [2.05, 4.69) is 15.6 Å². The van der Waals surface area contributed by atoms with Gasteiger partial charge in [-0.25, -0.2) is 9.78 Å². The Morgan fingerprint density at radius 3 is 2.61 bits per heavy atom. The van der Waals surface area contributed by atoms with E-state index in [-0.39, 0.29) is 18.0 Å². The molecule has 0 aliphatic rings. The maximum absolute atomic E-state index is 12.5. The third kappa shape index (κ3) is 6.75. The summed E-state index contributed by atoms with van der Waals surface area (Å²) in [6.45, 7) is 2.38. The monoisotopic (exact) mass is 437 g/mol. The predicted molar refractivity (Wildman–Crippen MR) is 120 cm³/mol. The van der Waals surface area contributed by atoms with Gasteiger partial charge in [0, 0.05) is 11.1 Å². The molecule has 2 amide bonds. The number of nitrogens with one attached hydrogen (secondary N) is 2. The van der Waals surface area contributed by atoms with Gasteiger partial charge in [0.1, 0.15) is 5.69 Å². The van der Waals surface area contributed by atoms with Crippen molar-refractivity contribution in [2.75, 3.05) is 17.2 Å². The fourth-order valence-electron chi connectivity index (χ4n) is 2.69. The lowest BCUT2D eigenvalue weighted by molar-refractivity contribution is -0.115. The quantitative estimate of drug-likeness (QED) is 0.379. The summed E-state index contributed by atoms with van der Waals surface area (Å²) < 4.78 is 5.19. The molecule has 1 aromatic heterocycles. The standard InChI is InChI=1S/C23H23N3O4S/c1-2-3-12-30-22(29)17-10-7-11-18(14-17)24-21(28)19-15-31-23(25-19)26-20(27)13-16-8-5-4-6-9-16/h4-11,14-15H,2-3,12-13H2,1H3,(H,24,28)(H,25,26,27). The first-order chi connectivity index (χ1) is 15.0. The van der Waals surface area contributed by atoms with Crippen LogP contribution in [0.2, 0.25) is 0 Å². The van der Waals surface area contributed by atoms with E-state index in [0.29, 0.717) is 23.0 Å². The van der Waals surface area contributed by atoms with E-state index >= 15 is 0 Å². The van der Waals surface area contributed by atoms with Crippen molar-refractivity contribution in [2.24, 2.45) is 0 Å². The van der Waals surface area contributed by atoms with E-state index in [0.717, 1.165) is 18.4 Å². The van der Waals surface area contributed by atoms with E-state index in [9.17, 15) is 14.4 Å². The van der Waals surface area contributed by atoms with Crippen LogP contribution in [0.5, 0.6) is 0 Å². The van der Waals surface area contributed by atoms with Gasteiger partial charge in [-0.05, 0) is 30.2 Å². The lowest BCUT2D eigenvalue weighted by Gasteiger charge is -2.07. The lowest BCUT2D eigenvalue weighted by Crippen LogP contribution is -2.16. The second-order valence-corrected chi connectivity index (χ2v) is 7.63. The zero-order valence-electron chi connectivity index (χ0n) is 17.1. The Hall–Kier alpha value is -3.52. The highest BCUT2D eigenvalue weighted by atomic mass is 32.1. The van der Waals surface area contributed by atoms with Crippen LogP contribution in [0, 0.1) is 0 Å². The van der Waals surface area contributed by atoms with Crippen molar-refractivity contribution < 1.29 is 19.1 Å². The molecular formula is C23H23N3O4S. The smallest absolute Gasteiger partial charge is 0.338 e. The van der Waals surface area contributed by atoms with Crippen molar-refractivity contribution in [1.82, 2.24) is 4.98 Å². The number of aromatic nitrogens is 1. The fourth-order valence-corrected chi connectivity index (χ4v) is 3.40. The van der Waals surface area contributed by atoms with Crippen molar-refractivity contribution in [1.29, 1.82) is 0 Å². The Balaban J connectivity index is 1.56. The number of esters is 1. The van der Waals surface area contributed by atoms with E-state index in [1.807, 2.05) is 37.3 Å². The molecule has 0 aliphatic carbocycles. The van der Waals surface area contributed by atoms with Crippen molar-refractivity contribution in [3.8, 4) is 0 Å². The molecule has 0 saturated heterocycles. The summed E-state index contributed by atoms with van der Waals surface area (Å²) in [7, 11) is 0. The summed E-state index contributed by atoms with van der Waals surface area (Å²) in [4.78, 5) is 40.9. The van der Waals surface area contributed by atoms with Gasteiger partial charge in [-0.2, -0.15) is 0 Å². The van der Waals surface area contributed by atoms with Crippen LogP contribution in [0.1, 0.15) is 46.2 Å². The van der Waals surface area contributed by atoms with Crippen LogP contribution in [-0.2, 0) is 16.0 Å². The van der Waals surface area contributed by atoms with Gasteiger partial charge in [-0.1, -0.05) is 49.7 Å². The first kappa shape index (κ1) is 22.2. The highest BCUT2D eigenvalue weighted by molar-refractivity contribution is 7.14. The molecule has 0 spiro atoms. The molecule has 3 aromatic rings. The van der Waals surface area contributed by atoms with Gasteiger partial charge in [-0.15, -0.1) is 11.3 Å². The van der Waals surface area contributed by atoms with Crippen LogP contribution in [0.3, 0.4) is 0 Å². The van der Waals surface area contributed by atoms with E-state index in [1.165, 1.54) is 11.3 Å². The molecule has 0 atom stereocenters. The van der Waals surface area contributed by atoms with Gasteiger partial charge in [0.15, 0.2) is 5.13 Å². The number of carbonyl (C=O) groups is 3. The normalized spacial score (nSPS) is 10.4. The minimum Gasteiger partial charge on any atom is -0.462 e. The molecule has 0 saturated carbocycles. The highest BCUT2D eigenvalue weighted by Crippen LogP contribution is 2.18. The average Bonchev–Trinajstić information content (AvgIpc) is 3.23. The van der Waals surface area contributed by atoms with Gasteiger partial charge in [0.2, 0.25) is 5.91 Å². The van der Waals surface area contributed by atoms with Crippen LogP contribution in [-0.4, -0.2) is 29.4 Å². The van der Waals surface area contributed by atoms with Crippen molar-refractivity contribution in [3.05, 3.63) is 76.8 Å². The lowest BCUT2D eigenvalue weighted by atomic mass is 10.1. The van der Waals surface area contributed by atoms with Crippen LogP contribution in [0.15, 0.2) is 60.0 Å². The number of hydrogen-bond acceptors (Lipinski definition) is 6. The Labute approximate surface area is 184 Å².